The topological polar surface area (TPSA) is 9.23 Å². The standard InChI is InChI=1S/C10H12O.C8H10.C4H8.2C2H6/c1-3-8-11-10-6-4-9(2)5-7-10;1-7-3-5-8(2)6-4-7;1-3-4-2;2*1-2/h3-7H,1,8H2,2H3;3-6H,1-2H3;3H,1,4H2,2H3;2*1-2H3. The van der Waals surface area contributed by atoms with Crippen LogP contribution in [0.25, 0.3) is 0 Å². The fraction of sp³-hybridized carbons (Fsp3) is 0.385. The highest BCUT2D eigenvalue weighted by molar-refractivity contribution is 5.26. The van der Waals surface area contributed by atoms with Gasteiger partial charge >= 0.3 is 0 Å². The summed E-state index contributed by atoms with van der Waals surface area (Å²) < 4.78 is 5.29. The second-order valence-corrected chi connectivity index (χ2v) is 5.26. The molecule has 0 fully saturated rings. The Kier molecular flexibility index (Phi) is 25.9. The van der Waals surface area contributed by atoms with Crippen LogP contribution in [0.5, 0.6) is 5.75 Å². The van der Waals surface area contributed by atoms with Crippen molar-refractivity contribution in [2.24, 2.45) is 0 Å². The van der Waals surface area contributed by atoms with E-state index in [0.29, 0.717) is 6.61 Å². The molecule has 0 saturated heterocycles. The molecular weight excluding hydrogens is 328 g/mol. The van der Waals surface area contributed by atoms with E-state index < -0.39 is 0 Å². The molecule has 0 aliphatic carbocycles. The van der Waals surface area contributed by atoms with Gasteiger partial charge < -0.3 is 4.74 Å². The molecule has 0 aliphatic rings. The van der Waals surface area contributed by atoms with Crippen LogP contribution >= 0.6 is 0 Å². The average Bonchev–Trinajstić information content (AvgIpc) is 2.73. The number of hydrogen-bond acceptors (Lipinski definition) is 1. The van der Waals surface area contributed by atoms with Crippen molar-refractivity contribution in [1.29, 1.82) is 0 Å². The van der Waals surface area contributed by atoms with Crippen molar-refractivity contribution in [3.05, 3.63) is 90.5 Å². The number of aryl methyl sites for hydroxylation is 3. The lowest BCUT2D eigenvalue weighted by Crippen LogP contribution is -1.91. The quantitative estimate of drug-likeness (QED) is 0.490. The van der Waals surface area contributed by atoms with E-state index in [1.807, 2.05) is 58.0 Å². The maximum atomic E-state index is 5.29. The smallest absolute Gasteiger partial charge is 0.119 e. The van der Waals surface area contributed by atoms with Gasteiger partial charge in [0.25, 0.3) is 0 Å². The van der Waals surface area contributed by atoms with Gasteiger partial charge in [-0.1, -0.05) is 106 Å². The number of benzene rings is 2. The van der Waals surface area contributed by atoms with E-state index in [4.69, 9.17) is 4.74 Å². The Balaban J connectivity index is -0.000000317. The molecule has 0 heterocycles. The van der Waals surface area contributed by atoms with Gasteiger partial charge in [0.15, 0.2) is 0 Å². The first kappa shape index (κ1) is 29.5. The van der Waals surface area contributed by atoms with Crippen molar-refractivity contribution in [2.45, 2.75) is 61.8 Å². The zero-order valence-corrected chi connectivity index (χ0v) is 19.0. The van der Waals surface area contributed by atoms with Crippen molar-refractivity contribution in [3.63, 3.8) is 0 Å². The number of rotatable bonds is 4. The largest absolute Gasteiger partial charge is 0.490 e. The summed E-state index contributed by atoms with van der Waals surface area (Å²) in [5.41, 5.74) is 3.90. The van der Waals surface area contributed by atoms with E-state index >= 15 is 0 Å². The molecule has 0 aromatic heterocycles. The summed E-state index contributed by atoms with van der Waals surface area (Å²) in [6.45, 7) is 23.9. The first-order valence-electron chi connectivity index (χ1n) is 9.98. The molecule has 0 amide bonds. The number of ether oxygens (including phenoxy) is 1. The summed E-state index contributed by atoms with van der Waals surface area (Å²) in [5, 5.41) is 0. The first-order valence-corrected chi connectivity index (χ1v) is 9.98. The van der Waals surface area contributed by atoms with Crippen molar-refractivity contribution in [3.8, 4) is 5.75 Å². The highest BCUT2D eigenvalue weighted by Gasteiger charge is 1.88. The van der Waals surface area contributed by atoms with Gasteiger partial charge in [-0.25, -0.2) is 0 Å². The molecule has 1 nitrogen and oxygen atoms in total. The average molecular weight is 371 g/mol. The highest BCUT2D eigenvalue weighted by Crippen LogP contribution is 2.10. The molecule has 0 radical (unpaired) electrons. The van der Waals surface area contributed by atoms with Crippen LogP contribution in [-0.2, 0) is 0 Å². The highest BCUT2D eigenvalue weighted by atomic mass is 16.5. The molecule has 27 heavy (non-hydrogen) atoms. The van der Waals surface area contributed by atoms with Crippen LogP contribution in [0.15, 0.2) is 73.8 Å². The van der Waals surface area contributed by atoms with Gasteiger partial charge in [0, 0.05) is 0 Å². The third-order valence-electron chi connectivity index (χ3n) is 2.90. The zero-order valence-electron chi connectivity index (χ0n) is 19.0. The Labute approximate surface area is 169 Å². The zero-order chi connectivity index (χ0) is 21.5. The van der Waals surface area contributed by atoms with Gasteiger partial charge in [-0.3, -0.25) is 0 Å². The van der Waals surface area contributed by atoms with Crippen molar-refractivity contribution in [1.82, 2.24) is 0 Å². The lowest BCUT2D eigenvalue weighted by atomic mass is 10.2. The van der Waals surface area contributed by atoms with Crippen LogP contribution in [-0.4, -0.2) is 6.61 Å². The van der Waals surface area contributed by atoms with E-state index in [-0.39, 0.29) is 0 Å². The number of allylic oxidation sites excluding steroid dienone is 1. The van der Waals surface area contributed by atoms with E-state index in [1.165, 1.54) is 16.7 Å². The molecule has 2 rings (SSSR count). The predicted octanol–water partition coefficient (Wildman–Crippen LogP) is 8.50. The Morgan fingerprint density at radius 2 is 0.963 bits per heavy atom. The summed E-state index contributed by atoms with van der Waals surface area (Å²) in [7, 11) is 0. The van der Waals surface area contributed by atoms with Crippen LogP contribution in [0.4, 0.5) is 0 Å². The van der Waals surface area contributed by atoms with Crippen LogP contribution < -0.4 is 4.74 Å². The predicted molar refractivity (Wildman–Crippen MR) is 126 cm³/mol. The molecule has 0 unspecified atom stereocenters. The molecule has 1 heteroatoms. The summed E-state index contributed by atoms with van der Waals surface area (Å²) in [6, 6.07) is 16.4. The molecule has 2 aromatic rings. The maximum Gasteiger partial charge on any atom is 0.119 e. The van der Waals surface area contributed by atoms with Gasteiger partial charge in [-0.05, 0) is 39.3 Å². The van der Waals surface area contributed by atoms with Gasteiger partial charge in [0.2, 0.25) is 0 Å². The monoisotopic (exact) mass is 370 g/mol. The molecule has 0 atom stereocenters. The Morgan fingerprint density at radius 1 is 0.667 bits per heavy atom. The second-order valence-electron chi connectivity index (χ2n) is 5.26. The van der Waals surface area contributed by atoms with Crippen LogP contribution in [0.3, 0.4) is 0 Å². The lowest BCUT2D eigenvalue weighted by Gasteiger charge is -2.01. The van der Waals surface area contributed by atoms with Crippen LogP contribution in [0.1, 0.15) is 57.7 Å². The minimum Gasteiger partial charge on any atom is -0.490 e. The van der Waals surface area contributed by atoms with Gasteiger partial charge in [0.1, 0.15) is 12.4 Å². The lowest BCUT2D eigenvalue weighted by molar-refractivity contribution is 0.363. The molecule has 0 N–H and O–H groups in total. The Hall–Kier alpha value is -2.28. The molecule has 0 aliphatic heterocycles. The summed E-state index contributed by atoms with van der Waals surface area (Å²) in [4.78, 5) is 0. The summed E-state index contributed by atoms with van der Waals surface area (Å²) in [5.74, 6) is 0.899. The van der Waals surface area contributed by atoms with Crippen molar-refractivity contribution < 1.29 is 4.74 Å². The minimum atomic E-state index is 0.572. The van der Waals surface area contributed by atoms with Gasteiger partial charge in [-0.2, -0.15) is 0 Å². The third-order valence-corrected chi connectivity index (χ3v) is 2.90. The fourth-order valence-corrected chi connectivity index (χ4v) is 1.43. The first-order chi connectivity index (χ1) is 13.0. The van der Waals surface area contributed by atoms with Gasteiger partial charge in [0.05, 0.1) is 0 Å². The van der Waals surface area contributed by atoms with E-state index in [0.717, 1.165) is 12.2 Å². The fourth-order valence-electron chi connectivity index (χ4n) is 1.43. The van der Waals surface area contributed by atoms with Crippen molar-refractivity contribution >= 4 is 0 Å². The van der Waals surface area contributed by atoms with Crippen LogP contribution in [0, 0.1) is 20.8 Å². The van der Waals surface area contributed by atoms with E-state index in [2.05, 4.69) is 65.1 Å². The summed E-state index contributed by atoms with van der Waals surface area (Å²) >= 11 is 0. The normalized spacial score (nSPS) is 7.85. The van der Waals surface area contributed by atoms with Crippen molar-refractivity contribution in [2.75, 3.05) is 6.61 Å². The minimum absolute atomic E-state index is 0.572. The van der Waals surface area contributed by atoms with E-state index in [9.17, 15) is 0 Å². The Bertz CT molecular complexity index is 514. The molecule has 2 aromatic carbocycles. The second kappa shape index (κ2) is 23.7. The molecule has 0 bridgehead atoms. The van der Waals surface area contributed by atoms with Crippen LogP contribution in [0.2, 0.25) is 0 Å². The summed E-state index contributed by atoms with van der Waals surface area (Å²) in [6.07, 6.45) is 4.69. The maximum absolute atomic E-state index is 5.29. The molecule has 152 valence electrons. The van der Waals surface area contributed by atoms with E-state index in [1.54, 1.807) is 6.08 Å². The Morgan fingerprint density at radius 3 is 1.22 bits per heavy atom. The number of hydrogen-bond donors (Lipinski definition) is 0. The molecular formula is C26H42O. The van der Waals surface area contributed by atoms with Gasteiger partial charge in [-0.15, -0.1) is 6.58 Å². The SMILES string of the molecule is C=CCC.C=CCOc1ccc(C)cc1.CC.CC.Cc1ccc(C)cc1. The molecule has 0 saturated carbocycles. The third kappa shape index (κ3) is 21.7. The molecule has 0 spiro atoms.